The van der Waals surface area contributed by atoms with E-state index in [1.807, 2.05) is 0 Å². The summed E-state index contributed by atoms with van der Waals surface area (Å²) in [6.45, 7) is 7.08. The summed E-state index contributed by atoms with van der Waals surface area (Å²) in [4.78, 5) is 0. The van der Waals surface area contributed by atoms with Crippen molar-refractivity contribution in [1.29, 1.82) is 0 Å². The molecule has 4 saturated carbocycles. The Morgan fingerprint density at radius 2 is 1.70 bits per heavy atom. The van der Waals surface area contributed by atoms with E-state index >= 15 is 0 Å². The highest BCUT2D eigenvalue weighted by molar-refractivity contribution is 5.20. The van der Waals surface area contributed by atoms with Gasteiger partial charge in [0.05, 0.1) is 12.2 Å². The quantitative estimate of drug-likeness (QED) is 0.695. The molecule has 3 nitrogen and oxygen atoms in total. The van der Waals surface area contributed by atoms with Crippen molar-refractivity contribution in [3.63, 3.8) is 0 Å². The maximum absolute atomic E-state index is 11.1. The van der Waals surface area contributed by atoms with E-state index in [1.165, 1.54) is 12.8 Å². The molecule has 0 aromatic rings. The lowest BCUT2D eigenvalue weighted by atomic mass is 9.37. The Morgan fingerprint density at radius 3 is 2.39 bits per heavy atom. The molecule has 2 bridgehead atoms. The SMILES string of the molecule is C[C@@]12CC[C@]3(C1)C(C[C@@H](O)[C@H]1[C@](C)(CO)CCC[C@@]13C)C[C@H]2O. The lowest BCUT2D eigenvalue weighted by Crippen LogP contribution is -2.65. The maximum Gasteiger partial charge on any atom is 0.0596 e. The molecule has 1 unspecified atom stereocenters. The summed E-state index contributed by atoms with van der Waals surface area (Å²) in [6.07, 6.45) is 7.96. The fourth-order valence-electron chi connectivity index (χ4n) is 8.09. The van der Waals surface area contributed by atoms with Crippen LogP contribution in [0.15, 0.2) is 0 Å². The highest BCUT2D eigenvalue weighted by Crippen LogP contribution is 2.76. The Labute approximate surface area is 140 Å². The Bertz CT molecular complexity index is 507. The van der Waals surface area contributed by atoms with Crippen LogP contribution in [-0.2, 0) is 0 Å². The monoisotopic (exact) mass is 322 g/mol. The summed E-state index contributed by atoms with van der Waals surface area (Å²) < 4.78 is 0. The van der Waals surface area contributed by atoms with Crippen molar-refractivity contribution >= 4 is 0 Å². The van der Waals surface area contributed by atoms with Gasteiger partial charge in [0.1, 0.15) is 0 Å². The molecule has 8 atom stereocenters. The molecule has 3 heteroatoms. The first kappa shape index (κ1) is 16.4. The standard InChI is InChI=1S/C20H34O3/c1-17-7-8-20(11-17)13(10-15(17)23)9-14(22)16-18(2,12-21)5-4-6-19(16,20)3/h13-16,21-23H,4-12H2,1-3H3/t13?,14-,15-,16+,17-,18+,19+,20+/m1/s1. The van der Waals surface area contributed by atoms with Gasteiger partial charge in [-0.25, -0.2) is 0 Å². The highest BCUT2D eigenvalue weighted by Gasteiger charge is 2.71. The third kappa shape index (κ3) is 1.82. The van der Waals surface area contributed by atoms with Gasteiger partial charge in [0.2, 0.25) is 0 Å². The van der Waals surface area contributed by atoms with Crippen molar-refractivity contribution < 1.29 is 15.3 Å². The second-order valence-corrected chi connectivity index (χ2v) is 10.3. The minimum atomic E-state index is -0.328. The van der Waals surface area contributed by atoms with Crippen molar-refractivity contribution in [1.82, 2.24) is 0 Å². The van der Waals surface area contributed by atoms with Crippen LogP contribution < -0.4 is 0 Å². The predicted molar refractivity (Wildman–Crippen MR) is 89.8 cm³/mol. The molecule has 0 aromatic heterocycles. The van der Waals surface area contributed by atoms with Gasteiger partial charge in [-0.2, -0.15) is 0 Å². The molecule has 0 heterocycles. The minimum Gasteiger partial charge on any atom is -0.396 e. The highest BCUT2D eigenvalue weighted by atomic mass is 16.3. The van der Waals surface area contributed by atoms with E-state index in [4.69, 9.17) is 0 Å². The van der Waals surface area contributed by atoms with Crippen LogP contribution in [0.2, 0.25) is 0 Å². The van der Waals surface area contributed by atoms with Crippen molar-refractivity contribution in [2.75, 3.05) is 6.61 Å². The van der Waals surface area contributed by atoms with Gasteiger partial charge in [0.15, 0.2) is 0 Å². The molecule has 0 amide bonds. The number of hydrogen-bond acceptors (Lipinski definition) is 3. The molecule has 0 radical (unpaired) electrons. The molecule has 0 aliphatic heterocycles. The number of aliphatic hydroxyl groups excluding tert-OH is 3. The molecular formula is C20H34O3. The second-order valence-electron chi connectivity index (χ2n) is 10.3. The zero-order valence-electron chi connectivity index (χ0n) is 15.0. The third-order valence-electron chi connectivity index (χ3n) is 9.25. The molecule has 0 aromatic carbocycles. The van der Waals surface area contributed by atoms with Crippen LogP contribution >= 0.6 is 0 Å². The normalized spacial score (nSPS) is 61.8. The molecule has 4 rings (SSSR count). The largest absolute Gasteiger partial charge is 0.396 e. The molecule has 23 heavy (non-hydrogen) atoms. The number of hydrogen-bond donors (Lipinski definition) is 3. The average molecular weight is 322 g/mol. The maximum atomic E-state index is 11.1. The van der Waals surface area contributed by atoms with E-state index in [-0.39, 0.29) is 46.4 Å². The van der Waals surface area contributed by atoms with Crippen LogP contribution in [0.4, 0.5) is 0 Å². The second kappa shape index (κ2) is 4.74. The molecule has 0 saturated heterocycles. The van der Waals surface area contributed by atoms with Gasteiger partial charge in [0, 0.05) is 6.61 Å². The summed E-state index contributed by atoms with van der Waals surface area (Å²) in [7, 11) is 0. The van der Waals surface area contributed by atoms with Crippen LogP contribution in [0.5, 0.6) is 0 Å². The van der Waals surface area contributed by atoms with Gasteiger partial charge in [-0.15, -0.1) is 0 Å². The van der Waals surface area contributed by atoms with Gasteiger partial charge in [-0.3, -0.25) is 0 Å². The summed E-state index contributed by atoms with van der Waals surface area (Å²) in [5.41, 5.74) is 0.283. The van der Waals surface area contributed by atoms with Crippen LogP contribution in [0.25, 0.3) is 0 Å². The first-order valence-corrected chi connectivity index (χ1v) is 9.68. The molecular weight excluding hydrogens is 288 g/mol. The number of aliphatic hydroxyl groups is 3. The van der Waals surface area contributed by atoms with Crippen molar-refractivity contribution in [3.8, 4) is 0 Å². The first-order valence-electron chi connectivity index (χ1n) is 9.68. The predicted octanol–water partition coefficient (Wildman–Crippen LogP) is 3.11. The van der Waals surface area contributed by atoms with Gasteiger partial charge < -0.3 is 15.3 Å². The summed E-state index contributed by atoms with van der Waals surface area (Å²) in [5.74, 6) is 0.646. The van der Waals surface area contributed by atoms with E-state index in [2.05, 4.69) is 20.8 Å². The summed E-state index contributed by atoms with van der Waals surface area (Å²) in [6, 6.07) is 0. The van der Waals surface area contributed by atoms with Gasteiger partial charge >= 0.3 is 0 Å². The van der Waals surface area contributed by atoms with Crippen molar-refractivity contribution in [2.24, 2.45) is 33.5 Å². The Hall–Kier alpha value is -0.120. The Balaban J connectivity index is 1.82. The molecule has 132 valence electrons. The van der Waals surface area contributed by atoms with Gasteiger partial charge in [0.25, 0.3) is 0 Å². The van der Waals surface area contributed by atoms with Gasteiger partial charge in [-0.05, 0) is 78.4 Å². The number of rotatable bonds is 1. The molecule has 4 aliphatic rings. The van der Waals surface area contributed by atoms with Crippen molar-refractivity contribution in [2.45, 2.75) is 84.3 Å². The fraction of sp³-hybridized carbons (Fsp3) is 1.00. The first-order chi connectivity index (χ1) is 10.7. The molecule has 4 aliphatic carbocycles. The smallest absolute Gasteiger partial charge is 0.0596 e. The summed E-state index contributed by atoms with van der Waals surface area (Å²) >= 11 is 0. The van der Waals surface area contributed by atoms with Crippen LogP contribution in [0, 0.1) is 33.5 Å². The third-order valence-corrected chi connectivity index (χ3v) is 9.25. The van der Waals surface area contributed by atoms with E-state index in [1.54, 1.807) is 0 Å². The van der Waals surface area contributed by atoms with E-state index in [0.717, 1.165) is 38.5 Å². The molecule has 4 fully saturated rings. The van der Waals surface area contributed by atoms with E-state index in [9.17, 15) is 15.3 Å². The molecule has 1 spiro atoms. The molecule has 3 N–H and O–H groups in total. The number of fused-ring (bicyclic) bond motifs is 2. The van der Waals surface area contributed by atoms with Crippen LogP contribution in [0.3, 0.4) is 0 Å². The lowest BCUT2D eigenvalue weighted by molar-refractivity contribution is -0.235. The Kier molecular flexibility index (Phi) is 3.37. The topological polar surface area (TPSA) is 60.7 Å². The zero-order chi connectivity index (χ0) is 16.7. The van der Waals surface area contributed by atoms with Gasteiger partial charge in [-0.1, -0.05) is 27.2 Å². The summed E-state index contributed by atoms with van der Waals surface area (Å²) in [5, 5.41) is 31.9. The fourth-order valence-corrected chi connectivity index (χ4v) is 8.09. The van der Waals surface area contributed by atoms with Crippen LogP contribution in [-0.4, -0.2) is 34.1 Å². The minimum absolute atomic E-state index is 0.0689. The average Bonchev–Trinajstić information content (AvgIpc) is 2.81. The Morgan fingerprint density at radius 1 is 0.957 bits per heavy atom. The van der Waals surface area contributed by atoms with E-state index < -0.39 is 0 Å². The van der Waals surface area contributed by atoms with Crippen molar-refractivity contribution in [3.05, 3.63) is 0 Å². The van der Waals surface area contributed by atoms with Crippen LogP contribution in [0.1, 0.15) is 72.1 Å². The lowest BCUT2D eigenvalue weighted by Gasteiger charge is -2.68. The zero-order valence-corrected chi connectivity index (χ0v) is 15.0. The van der Waals surface area contributed by atoms with E-state index in [0.29, 0.717) is 5.92 Å².